The number of aliphatic hydroxyl groups excluding tert-OH is 1. The maximum Gasteiger partial charge on any atom is 0.220 e. The number of unbranched alkanes of at least 4 members (excludes halogenated alkanes) is 19. The fourth-order valence-electron chi connectivity index (χ4n) is 4.34. The number of nitrogens with one attached hydrogen (secondary N) is 1. The van der Waals surface area contributed by atoms with Crippen LogP contribution in [0.25, 0.3) is 0 Å². The van der Waals surface area contributed by atoms with Gasteiger partial charge in [0.15, 0.2) is 0 Å². The number of carbonyl (C=O) groups excluding carboxylic acids is 2. The Morgan fingerprint density at radius 2 is 1.09 bits per heavy atom. The molecule has 0 spiro atoms. The fourth-order valence-corrected chi connectivity index (χ4v) is 4.34. The molecule has 0 aliphatic heterocycles. The van der Waals surface area contributed by atoms with Crippen LogP contribution in [0.5, 0.6) is 0 Å². The second-order valence-corrected chi connectivity index (χ2v) is 10.1. The molecule has 0 aliphatic rings. The van der Waals surface area contributed by atoms with Gasteiger partial charge in [0.1, 0.15) is 12.3 Å². The van der Waals surface area contributed by atoms with Crippen LogP contribution in [0, 0.1) is 0 Å². The normalized spacial score (nSPS) is 13.3. The molecule has 0 rings (SSSR count). The Bertz CT molecular complexity index is 478. The van der Waals surface area contributed by atoms with E-state index in [1.165, 1.54) is 109 Å². The molecule has 4 heteroatoms. The van der Waals surface area contributed by atoms with Gasteiger partial charge in [0, 0.05) is 6.42 Å². The van der Waals surface area contributed by atoms with Crippen molar-refractivity contribution in [3.8, 4) is 0 Å². The standard InChI is InChI=1S/C30H57NO3/c1-3-5-7-9-11-13-14-15-16-18-19-21-23-25-29(33)28(27-32)31-30(34)26-24-22-20-17-12-10-8-6-4-2/h23,25,27-29,33H,3-22,24,26H2,1-2H3,(H,31,34)/b25-23+/t28-,29+/m0/s1. The van der Waals surface area contributed by atoms with Gasteiger partial charge in [-0.3, -0.25) is 4.79 Å². The monoisotopic (exact) mass is 479 g/mol. The molecule has 0 unspecified atom stereocenters. The van der Waals surface area contributed by atoms with E-state index in [9.17, 15) is 14.7 Å². The Hall–Kier alpha value is -1.16. The topological polar surface area (TPSA) is 66.4 Å². The van der Waals surface area contributed by atoms with Gasteiger partial charge in [0.25, 0.3) is 0 Å². The molecular formula is C30H57NO3. The summed E-state index contributed by atoms with van der Waals surface area (Å²) < 4.78 is 0. The Morgan fingerprint density at radius 1 is 0.676 bits per heavy atom. The van der Waals surface area contributed by atoms with Crippen LogP contribution in [0.1, 0.15) is 155 Å². The first-order valence-electron chi connectivity index (χ1n) is 14.7. The van der Waals surface area contributed by atoms with Gasteiger partial charge in [-0.05, 0) is 19.3 Å². The maximum atomic E-state index is 12.1. The van der Waals surface area contributed by atoms with Crippen molar-refractivity contribution in [1.29, 1.82) is 0 Å². The van der Waals surface area contributed by atoms with Crippen molar-refractivity contribution in [2.24, 2.45) is 0 Å². The largest absolute Gasteiger partial charge is 0.386 e. The molecule has 0 radical (unpaired) electrons. The number of hydrogen-bond acceptors (Lipinski definition) is 3. The van der Waals surface area contributed by atoms with Gasteiger partial charge in [-0.15, -0.1) is 0 Å². The minimum absolute atomic E-state index is 0.141. The highest BCUT2D eigenvalue weighted by molar-refractivity contribution is 5.79. The number of carbonyl (C=O) groups is 2. The van der Waals surface area contributed by atoms with E-state index in [0.717, 1.165) is 25.7 Å². The van der Waals surface area contributed by atoms with Crippen molar-refractivity contribution < 1.29 is 14.7 Å². The summed E-state index contributed by atoms with van der Waals surface area (Å²) in [6.07, 6.45) is 30.0. The van der Waals surface area contributed by atoms with Crippen molar-refractivity contribution >= 4 is 12.2 Å². The summed E-state index contributed by atoms with van der Waals surface area (Å²) >= 11 is 0. The van der Waals surface area contributed by atoms with Gasteiger partial charge in [-0.25, -0.2) is 0 Å². The van der Waals surface area contributed by atoms with Gasteiger partial charge >= 0.3 is 0 Å². The number of rotatable bonds is 26. The SMILES string of the molecule is CCCCCCCCCCCCC/C=C/[C@@H](O)[C@H](C=O)NC(=O)CCCCCCCCCCC. The first-order valence-corrected chi connectivity index (χ1v) is 14.7. The zero-order chi connectivity index (χ0) is 25.1. The molecule has 0 aromatic carbocycles. The minimum atomic E-state index is -0.947. The van der Waals surface area contributed by atoms with Crippen LogP contribution in [0.4, 0.5) is 0 Å². The van der Waals surface area contributed by atoms with Crippen LogP contribution in [-0.4, -0.2) is 29.4 Å². The average molecular weight is 480 g/mol. The highest BCUT2D eigenvalue weighted by Crippen LogP contribution is 2.13. The lowest BCUT2D eigenvalue weighted by molar-refractivity contribution is -0.125. The van der Waals surface area contributed by atoms with E-state index in [-0.39, 0.29) is 5.91 Å². The van der Waals surface area contributed by atoms with E-state index in [0.29, 0.717) is 12.7 Å². The fraction of sp³-hybridized carbons (Fsp3) is 0.867. The summed E-state index contributed by atoms with van der Waals surface area (Å²) in [7, 11) is 0. The lowest BCUT2D eigenvalue weighted by Gasteiger charge is -2.16. The second kappa shape index (κ2) is 26.4. The predicted molar refractivity (Wildman–Crippen MR) is 146 cm³/mol. The minimum Gasteiger partial charge on any atom is -0.386 e. The molecule has 0 fully saturated rings. The van der Waals surface area contributed by atoms with Crippen LogP contribution in [0.15, 0.2) is 12.2 Å². The molecule has 0 saturated carbocycles. The smallest absolute Gasteiger partial charge is 0.220 e. The zero-order valence-corrected chi connectivity index (χ0v) is 22.7. The van der Waals surface area contributed by atoms with E-state index >= 15 is 0 Å². The van der Waals surface area contributed by atoms with Crippen LogP contribution in [0.2, 0.25) is 0 Å². The lowest BCUT2D eigenvalue weighted by atomic mass is 10.0. The number of aliphatic hydroxyl groups is 1. The molecule has 0 saturated heterocycles. The van der Waals surface area contributed by atoms with Crippen molar-refractivity contribution in [1.82, 2.24) is 5.32 Å². The van der Waals surface area contributed by atoms with E-state index in [4.69, 9.17) is 0 Å². The molecule has 200 valence electrons. The van der Waals surface area contributed by atoms with Gasteiger partial charge in [0.05, 0.1) is 6.10 Å². The Morgan fingerprint density at radius 3 is 1.53 bits per heavy atom. The quantitative estimate of drug-likeness (QED) is 0.0746. The van der Waals surface area contributed by atoms with E-state index < -0.39 is 12.1 Å². The first kappa shape index (κ1) is 32.8. The summed E-state index contributed by atoms with van der Waals surface area (Å²) in [4.78, 5) is 23.4. The number of amides is 1. The Kier molecular flexibility index (Phi) is 25.5. The third kappa shape index (κ3) is 22.6. The van der Waals surface area contributed by atoms with E-state index in [1.807, 2.05) is 6.08 Å². The zero-order valence-electron chi connectivity index (χ0n) is 22.7. The van der Waals surface area contributed by atoms with Gasteiger partial charge < -0.3 is 15.2 Å². The van der Waals surface area contributed by atoms with Crippen LogP contribution >= 0.6 is 0 Å². The Balaban J connectivity index is 3.69. The third-order valence-electron chi connectivity index (χ3n) is 6.66. The van der Waals surface area contributed by atoms with Gasteiger partial charge in [-0.1, -0.05) is 142 Å². The summed E-state index contributed by atoms with van der Waals surface area (Å²) in [5.41, 5.74) is 0. The second-order valence-electron chi connectivity index (χ2n) is 10.1. The van der Waals surface area contributed by atoms with Gasteiger partial charge in [0.2, 0.25) is 5.91 Å². The number of hydrogen-bond donors (Lipinski definition) is 2. The predicted octanol–water partition coefficient (Wildman–Crippen LogP) is 8.21. The molecular weight excluding hydrogens is 422 g/mol. The lowest BCUT2D eigenvalue weighted by Crippen LogP contribution is -2.43. The molecule has 2 N–H and O–H groups in total. The molecule has 0 aliphatic carbocycles. The molecule has 1 amide bonds. The van der Waals surface area contributed by atoms with Crippen molar-refractivity contribution in [3.63, 3.8) is 0 Å². The molecule has 4 nitrogen and oxygen atoms in total. The third-order valence-corrected chi connectivity index (χ3v) is 6.66. The average Bonchev–Trinajstić information content (AvgIpc) is 2.84. The highest BCUT2D eigenvalue weighted by Gasteiger charge is 2.17. The molecule has 2 atom stereocenters. The molecule has 0 aromatic rings. The van der Waals surface area contributed by atoms with E-state index in [1.54, 1.807) is 6.08 Å². The summed E-state index contributed by atoms with van der Waals surface area (Å²) in [5.74, 6) is -0.141. The molecule has 0 bridgehead atoms. The highest BCUT2D eigenvalue weighted by atomic mass is 16.3. The van der Waals surface area contributed by atoms with Crippen molar-refractivity contribution in [2.45, 2.75) is 167 Å². The van der Waals surface area contributed by atoms with E-state index in [2.05, 4.69) is 19.2 Å². The van der Waals surface area contributed by atoms with Crippen LogP contribution in [0.3, 0.4) is 0 Å². The molecule has 0 aromatic heterocycles. The van der Waals surface area contributed by atoms with Crippen LogP contribution in [-0.2, 0) is 9.59 Å². The summed E-state index contributed by atoms with van der Waals surface area (Å²) in [6, 6.07) is -0.848. The van der Waals surface area contributed by atoms with Crippen molar-refractivity contribution in [2.75, 3.05) is 0 Å². The number of allylic oxidation sites excluding steroid dienone is 1. The summed E-state index contributed by atoms with van der Waals surface area (Å²) in [5, 5.41) is 12.9. The van der Waals surface area contributed by atoms with Crippen molar-refractivity contribution in [3.05, 3.63) is 12.2 Å². The van der Waals surface area contributed by atoms with Gasteiger partial charge in [-0.2, -0.15) is 0 Å². The maximum absolute atomic E-state index is 12.1. The number of aldehydes is 1. The summed E-state index contributed by atoms with van der Waals surface area (Å²) in [6.45, 7) is 4.49. The molecule has 34 heavy (non-hydrogen) atoms. The van der Waals surface area contributed by atoms with Crippen LogP contribution < -0.4 is 5.32 Å². The molecule has 0 heterocycles. The first-order chi connectivity index (χ1) is 16.7. The Labute approximate surface area is 211 Å².